The summed E-state index contributed by atoms with van der Waals surface area (Å²) in [4.78, 5) is 24.8. The Bertz CT molecular complexity index is 1000. The minimum Gasteiger partial charge on any atom is -0.482 e. The zero-order valence-electron chi connectivity index (χ0n) is 15.1. The first-order valence-corrected chi connectivity index (χ1v) is 8.74. The van der Waals surface area contributed by atoms with Crippen molar-refractivity contribution in [1.82, 2.24) is 9.99 Å². The topological polar surface area (TPSA) is 86.3 Å². The number of rotatable bonds is 7. The largest absolute Gasteiger partial charge is 0.482 e. The molecule has 2 aromatic carbocycles. The van der Waals surface area contributed by atoms with Crippen molar-refractivity contribution >= 4 is 5.91 Å². The maximum absolute atomic E-state index is 13.0. The monoisotopic (exact) mass is 381 g/mol. The number of nitrogens with two attached hydrogens (primary N) is 1. The van der Waals surface area contributed by atoms with Gasteiger partial charge in [0.05, 0.1) is 0 Å². The summed E-state index contributed by atoms with van der Waals surface area (Å²) in [6, 6.07) is 16.6. The molecule has 0 aliphatic carbocycles. The van der Waals surface area contributed by atoms with Crippen molar-refractivity contribution in [1.29, 1.82) is 0 Å². The number of hydrogen-bond donors (Lipinski definition) is 2. The number of nitrogen functional groups attached to an aromatic ring is 1. The van der Waals surface area contributed by atoms with Gasteiger partial charge in [-0.25, -0.2) is 4.39 Å². The molecular weight excluding hydrogens is 361 g/mol. The molecule has 0 fully saturated rings. The summed E-state index contributed by atoms with van der Waals surface area (Å²) in [6.07, 6.45) is 1.82. The number of carbonyl (C=O) groups is 1. The van der Waals surface area contributed by atoms with Crippen LogP contribution in [-0.4, -0.2) is 17.1 Å². The standard InChI is InChI=1S/C21H20FN3O3/c22-17-8-6-15(7-9-17)10-12-24-21(27)19-20(18(26)11-13-25(19)23)28-14-16-4-2-1-3-5-16/h1-9,11,13H,10,12,14,23H2,(H,24,27). The fraction of sp³-hybridized carbons (Fsp3) is 0.143. The molecule has 0 radical (unpaired) electrons. The van der Waals surface area contributed by atoms with Gasteiger partial charge >= 0.3 is 0 Å². The third-order valence-corrected chi connectivity index (χ3v) is 4.14. The molecule has 6 nitrogen and oxygen atoms in total. The highest BCUT2D eigenvalue weighted by atomic mass is 19.1. The lowest BCUT2D eigenvalue weighted by atomic mass is 10.1. The Kier molecular flexibility index (Phi) is 6.06. The molecule has 1 amide bonds. The Morgan fingerprint density at radius 3 is 2.46 bits per heavy atom. The van der Waals surface area contributed by atoms with Crippen LogP contribution in [0.2, 0.25) is 0 Å². The summed E-state index contributed by atoms with van der Waals surface area (Å²) in [5.41, 5.74) is 1.25. The molecule has 1 heterocycles. The fourth-order valence-electron chi connectivity index (χ4n) is 2.68. The normalized spacial score (nSPS) is 10.5. The van der Waals surface area contributed by atoms with Gasteiger partial charge in [-0.3, -0.25) is 14.3 Å². The number of nitrogens with one attached hydrogen (secondary N) is 1. The molecule has 0 saturated heterocycles. The van der Waals surface area contributed by atoms with Crippen molar-refractivity contribution in [3.05, 3.63) is 99.7 Å². The SMILES string of the molecule is Nn1ccc(=O)c(OCc2ccccc2)c1C(=O)NCCc1ccc(F)cc1. The van der Waals surface area contributed by atoms with Gasteiger partial charge in [0.1, 0.15) is 12.4 Å². The quantitative estimate of drug-likeness (QED) is 0.615. The predicted molar refractivity (Wildman–Crippen MR) is 104 cm³/mol. The Labute approximate surface area is 161 Å². The number of hydrogen-bond acceptors (Lipinski definition) is 4. The first-order chi connectivity index (χ1) is 13.5. The summed E-state index contributed by atoms with van der Waals surface area (Å²) in [7, 11) is 0. The summed E-state index contributed by atoms with van der Waals surface area (Å²) < 4.78 is 19.6. The van der Waals surface area contributed by atoms with Crippen LogP contribution in [0.25, 0.3) is 0 Å². The van der Waals surface area contributed by atoms with Crippen LogP contribution in [0.15, 0.2) is 71.7 Å². The molecule has 0 unspecified atom stereocenters. The Balaban J connectivity index is 1.70. The van der Waals surface area contributed by atoms with Crippen molar-refractivity contribution in [3.63, 3.8) is 0 Å². The van der Waals surface area contributed by atoms with Crippen LogP contribution in [0.1, 0.15) is 21.6 Å². The molecule has 28 heavy (non-hydrogen) atoms. The molecule has 1 aromatic heterocycles. The van der Waals surface area contributed by atoms with E-state index in [1.807, 2.05) is 30.3 Å². The molecule has 0 aliphatic rings. The molecule has 0 spiro atoms. The summed E-state index contributed by atoms with van der Waals surface area (Å²) in [5, 5.41) is 2.72. The lowest BCUT2D eigenvalue weighted by Gasteiger charge is -2.14. The van der Waals surface area contributed by atoms with Gasteiger partial charge in [-0.1, -0.05) is 42.5 Å². The average Bonchev–Trinajstić information content (AvgIpc) is 2.70. The number of ether oxygens (including phenoxy) is 1. The van der Waals surface area contributed by atoms with Crippen LogP contribution in [0, 0.1) is 5.82 Å². The second-order valence-corrected chi connectivity index (χ2v) is 6.17. The molecule has 3 aromatic rings. The van der Waals surface area contributed by atoms with E-state index in [0.717, 1.165) is 15.8 Å². The molecule has 0 saturated carbocycles. The maximum Gasteiger partial charge on any atom is 0.273 e. The van der Waals surface area contributed by atoms with E-state index < -0.39 is 11.3 Å². The average molecular weight is 381 g/mol. The van der Waals surface area contributed by atoms with Crippen LogP contribution < -0.4 is 21.3 Å². The summed E-state index contributed by atoms with van der Waals surface area (Å²) >= 11 is 0. The molecular formula is C21H20FN3O3. The van der Waals surface area contributed by atoms with E-state index in [-0.39, 0.29) is 23.9 Å². The molecule has 0 aliphatic heterocycles. The molecule has 0 bridgehead atoms. The zero-order chi connectivity index (χ0) is 19.9. The third kappa shape index (κ3) is 4.76. The van der Waals surface area contributed by atoms with Crippen molar-refractivity contribution < 1.29 is 13.9 Å². The van der Waals surface area contributed by atoms with E-state index in [4.69, 9.17) is 10.6 Å². The highest BCUT2D eigenvalue weighted by molar-refractivity contribution is 5.95. The van der Waals surface area contributed by atoms with Gasteiger partial charge in [-0.2, -0.15) is 0 Å². The Morgan fingerprint density at radius 1 is 1.04 bits per heavy atom. The Morgan fingerprint density at radius 2 is 1.75 bits per heavy atom. The number of nitrogens with zero attached hydrogens (tertiary/aromatic N) is 1. The maximum atomic E-state index is 13.0. The van der Waals surface area contributed by atoms with E-state index in [2.05, 4.69) is 5.32 Å². The minimum absolute atomic E-state index is 0.0532. The lowest BCUT2D eigenvalue weighted by Crippen LogP contribution is -2.33. The van der Waals surface area contributed by atoms with Gasteiger partial charge in [0.2, 0.25) is 5.43 Å². The number of halogens is 1. The van der Waals surface area contributed by atoms with E-state index in [0.29, 0.717) is 13.0 Å². The molecule has 0 atom stereocenters. The van der Waals surface area contributed by atoms with Crippen LogP contribution in [0.3, 0.4) is 0 Å². The number of amides is 1. The van der Waals surface area contributed by atoms with Crippen molar-refractivity contribution in [2.24, 2.45) is 0 Å². The number of pyridine rings is 1. The van der Waals surface area contributed by atoms with Gasteiger partial charge in [-0.15, -0.1) is 0 Å². The summed E-state index contributed by atoms with van der Waals surface area (Å²) in [6.45, 7) is 0.432. The predicted octanol–water partition coefficient (Wildman–Crippen LogP) is 2.25. The van der Waals surface area contributed by atoms with Crippen LogP contribution >= 0.6 is 0 Å². The Hall–Kier alpha value is -3.61. The van der Waals surface area contributed by atoms with E-state index in [1.165, 1.54) is 24.4 Å². The van der Waals surface area contributed by atoms with E-state index in [9.17, 15) is 14.0 Å². The van der Waals surface area contributed by atoms with Crippen molar-refractivity contribution in [2.75, 3.05) is 12.4 Å². The number of aromatic nitrogens is 1. The first-order valence-electron chi connectivity index (χ1n) is 8.74. The van der Waals surface area contributed by atoms with Gasteiger partial charge in [0.15, 0.2) is 11.4 Å². The highest BCUT2D eigenvalue weighted by Crippen LogP contribution is 2.14. The smallest absolute Gasteiger partial charge is 0.273 e. The van der Waals surface area contributed by atoms with Crippen molar-refractivity contribution in [3.8, 4) is 5.75 Å². The van der Waals surface area contributed by atoms with Crippen LogP contribution in [0.4, 0.5) is 4.39 Å². The third-order valence-electron chi connectivity index (χ3n) is 4.14. The fourth-order valence-corrected chi connectivity index (χ4v) is 2.68. The van der Waals surface area contributed by atoms with E-state index in [1.54, 1.807) is 12.1 Å². The number of benzene rings is 2. The second-order valence-electron chi connectivity index (χ2n) is 6.17. The second kappa shape index (κ2) is 8.85. The van der Waals surface area contributed by atoms with Gasteiger partial charge in [0, 0.05) is 18.8 Å². The van der Waals surface area contributed by atoms with Gasteiger partial charge < -0.3 is 15.9 Å². The van der Waals surface area contributed by atoms with Crippen LogP contribution in [-0.2, 0) is 13.0 Å². The van der Waals surface area contributed by atoms with Gasteiger partial charge in [-0.05, 0) is 29.7 Å². The van der Waals surface area contributed by atoms with Gasteiger partial charge in [0.25, 0.3) is 5.91 Å². The molecule has 7 heteroatoms. The summed E-state index contributed by atoms with van der Waals surface area (Å²) in [5.74, 6) is 4.91. The van der Waals surface area contributed by atoms with E-state index >= 15 is 0 Å². The number of carbonyl (C=O) groups excluding carboxylic acids is 1. The minimum atomic E-state index is -0.523. The molecule has 144 valence electrons. The lowest BCUT2D eigenvalue weighted by molar-refractivity contribution is 0.0940. The first kappa shape index (κ1) is 19.2. The highest BCUT2D eigenvalue weighted by Gasteiger charge is 2.19. The van der Waals surface area contributed by atoms with Crippen LogP contribution in [0.5, 0.6) is 5.75 Å². The molecule has 3 N–H and O–H groups in total. The zero-order valence-corrected chi connectivity index (χ0v) is 15.1. The molecule has 3 rings (SSSR count). The van der Waals surface area contributed by atoms with Crippen molar-refractivity contribution in [2.45, 2.75) is 13.0 Å².